The summed E-state index contributed by atoms with van der Waals surface area (Å²) in [6, 6.07) is 23.5. The molecule has 0 aromatic heterocycles. The lowest BCUT2D eigenvalue weighted by Crippen LogP contribution is -2.31. The van der Waals surface area contributed by atoms with Crippen LogP contribution in [0.3, 0.4) is 0 Å². The topological polar surface area (TPSA) is 58.2 Å². The standard InChI is InChI=1S/C22H22N2O2/c25-21(23-14-12-17-6-2-1-3-7-17)13-15-24-22(26)20-11-10-18-8-4-5-9-19(18)16-20/h1-11,16H,12-15H2,(H,23,25)(H,24,26). The highest BCUT2D eigenvalue weighted by Gasteiger charge is 2.07. The molecule has 0 saturated heterocycles. The van der Waals surface area contributed by atoms with Crippen molar-refractivity contribution in [3.8, 4) is 0 Å². The van der Waals surface area contributed by atoms with Crippen LogP contribution in [0.2, 0.25) is 0 Å². The van der Waals surface area contributed by atoms with Crippen LogP contribution in [0.5, 0.6) is 0 Å². The highest BCUT2D eigenvalue weighted by atomic mass is 16.2. The van der Waals surface area contributed by atoms with E-state index in [0.29, 0.717) is 18.7 Å². The Hall–Kier alpha value is -3.14. The molecule has 4 nitrogen and oxygen atoms in total. The SMILES string of the molecule is O=C(CCNC(=O)c1ccc2ccccc2c1)NCCc1ccccc1. The van der Waals surface area contributed by atoms with Crippen LogP contribution in [0.1, 0.15) is 22.3 Å². The van der Waals surface area contributed by atoms with Crippen molar-refractivity contribution in [1.29, 1.82) is 0 Å². The molecule has 4 heteroatoms. The number of carbonyl (C=O) groups excluding carboxylic acids is 2. The van der Waals surface area contributed by atoms with Crippen molar-refractivity contribution in [1.82, 2.24) is 10.6 Å². The second-order valence-corrected chi connectivity index (χ2v) is 6.15. The average molecular weight is 346 g/mol. The molecule has 0 aliphatic carbocycles. The van der Waals surface area contributed by atoms with E-state index >= 15 is 0 Å². The summed E-state index contributed by atoms with van der Waals surface area (Å²) in [7, 11) is 0. The van der Waals surface area contributed by atoms with Gasteiger partial charge in [0.1, 0.15) is 0 Å². The Labute approximate surface area is 153 Å². The minimum Gasteiger partial charge on any atom is -0.356 e. The highest BCUT2D eigenvalue weighted by Crippen LogP contribution is 2.15. The molecule has 132 valence electrons. The van der Waals surface area contributed by atoms with Crippen LogP contribution in [-0.2, 0) is 11.2 Å². The van der Waals surface area contributed by atoms with Crippen LogP contribution in [0.4, 0.5) is 0 Å². The molecule has 0 heterocycles. The predicted octanol–water partition coefficient (Wildman–Crippen LogP) is 3.32. The summed E-state index contributed by atoms with van der Waals surface area (Å²) in [5.41, 5.74) is 1.80. The van der Waals surface area contributed by atoms with Crippen molar-refractivity contribution in [2.24, 2.45) is 0 Å². The van der Waals surface area contributed by atoms with Crippen LogP contribution in [0.15, 0.2) is 72.8 Å². The summed E-state index contributed by atoms with van der Waals surface area (Å²) in [4.78, 5) is 24.1. The van der Waals surface area contributed by atoms with E-state index in [1.165, 1.54) is 5.56 Å². The molecular weight excluding hydrogens is 324 g/mol. The zero-order valence-electron chi connectivity index (χ0n) is 14.6. The van der Waals surface area contributed by atoms with Gasteiger partial charge in [0.25, 0.3) is 5.91 Å². The second kappa shape index (κ2) is 8.81. The van der Waals surface area contributed by atoms with Crippen molar-refractivity contribution in [2.45, 2.75) is 12.8 Å². The molecule has 2 N–H and O–H groups in total. The van der Waals surface area contributed by atoms with Gasteiger partial charge in [-0.1, -0.05) is 60.7 Å². The largest absolute Gasteiger partial charge is 0.356 e. The Kier molecular flexibility index (Phi) is 5.99. The fourth-order valence-corrected chi connectivity index (χ4v) is 2.80. The molecule has 3 rings (SSSR count). The first kappa shape index (κ1) is 17.7. The maximum absolute atomic E-state index is 12.2. The van der Waals surface area contributed by atoms with Gasteiger partial charge in [-0.3, -0.25) is 9.59 Å². The molecular formula is C22H22N2O2. The monoisotopic (exact) mass is 346 g/mol. The van der Waals surface area contributed by atoms with Crippen molar-refractivity contribution in [2.75, 3.05) is 13.1 Å². The van der Waals surface area contributed by atoms with E-state index in [-0.39, 0.29) is 18.2 Å². The Morgan fingerprint density at radius 3 is 2.27 bits per heavy atom. The Morgan fingerprint density at radius 2 is 1.46 bits per heavy atom. The van der Waals surface area contributed by atoms with Crippen LogP contribution >= 0.6 is 0 Å². The third-order valence-electron chi connectivity index (χ3n) is 4.23. The van der Waals surface area contributed by atoms with Gasteiger partial charge in [-0.15, -0.1) is 0 Å². The van der Waals surface area contributed by atoms with Gasteiger partial charge in [0.15, 0.2) is 0 Å². The van der Waals surface area contributed by atoms with E-state index in [4.69, 9.17) is 0 Å². The number of hydrogen-bond acceptors (Lipinski definition) is 2. The van der Waals surface area contributed by atoms with Gasteiger partial charge in [-0.05, 0) is 34.9 Å². The van der Waals surface area contributed by atoms with Gasteiger partial charge in [-0.25, -0.2) is 0 Å². The van der Waals surface area contributed by atoms with Crippen molar-refractivity contribution < 1.29 is 9.59 Å². The number of fused-ring (bicyclic) bond motifs is 1. The number of hydrogen-bond donors (Lipinski definition) is 2. The lowest BCUT2D eigenvalue weighted by molar-refractivity contribution is -0.120. The molecule has 2 amide bonds. The summed E-state index contributed by atoms with van der Waals surface area (Å²) in [6.45, 7) is 0.921. The van der Waals surface area contributed by atoms with E-state index in [1.54, 1.807) is 6.07 Å². The fraction of sp³-hybridized carbons (Fsp3) is 0.182. The lowest BCUT2D eigenvalue weighted by atomic mass is 10.1. The number of nitrogens with one attached hydrogen (secondary N) is 2. The molecule has 0 atom stereocenters. The minimum atomic E-state index is -0.159. The van der Waals surface area contributed by atoms with Gasteiger partial charge in [0.2, 0.25) is 5.91 Å². The van der Waals surface area contributed by atoms with Gasteiger partial charge < -0.3 is 10.6 Å². The van der Waals surface area contributed by atoms with E-state index in [0.717, 1.165) is 17.2 Å². The Morgan fingerprint density at radius 1 is 0.731 bits per heavy atom. The number of amides is 2. The summed E-state index contributed by atoms with van der Waals surface area (Å²) in [6.07, 6.45) is 1.07. The first-order valence-electron chi connectivity index (χ1n) is 8.80. The molecule has 0 aliphatic heterocycles. The van der Waals surface area contributed by atoms with Crippen molar-refractivity contribution in [3.05, 3.63) is 83.9 Å². The van der Waals surface area contributed by atoms with Gasteiger partial charge in [0.05, 0.1) is 0 Å². The minimum absolute atomic E-state index is 0.0558. The molecule has 0 unspecified atom stereocenters. The van der Waals surface area contributed by atoms with Gasteiger partial charge in [0, 0.05) is 25.1 Å². The third-order valence-corrected chi connectivity index (χ3v) is 4.23. The molecule has 3 aromatic carbocycles. The summed E-state index contributed by atoms with van der Waals surface area (Å²) in [5.74, 6) is -0.215. The molecule has 0 bridgehead atoms. The van der Waals surface area contributed by atoms with Crippen LogP contribution in [-0.4, -0.2) is 24.9 Å². The van der Waals surface area contributed by atoms with Gasteiger partial charge >= 0.3 is 0 Å². The summed E-state index contributed by atoms with van der Waals surface area (Å²) < 4.78 is 0. The zero-order valence-corrected chi connectivity index (χ0v) is 14.6. The van der Waals surface area contributed by atoms with Crippen LogP contribution < -0.4 is 10.6 Å². The number of benzene rings is 3. The smallest absolute Gasteiger partial charge is 0.251 e. The van der Waals surface area contributed by atoms with E-state index in [1.807, 2.05) is 66.7 Å². The average Bonchev–Trinajstić information content (AvgIpc) is 2.68. The molecule has 0 fully saturated rings. The van der Waals surface area contributed by atoms with Gasteiger partial charge in [-0.2, -0.15) is 0 Å². The molecule has 0 aliphatic rings. The highest BCUT2D eigenvalue weighted by molar-refractivity contribution is 5.98. The first-order chi connectivity index (χ1) is 12.7. The van der Waals surface area contributed by atoms with Crippen LogP contribution in [0.25, 0.3) is 10.8 Å². The molecule has 0 radical (unpaired) electrons. The Bertz CT molecular complexity index is 891. The van der Waals surface area contributed by atoms with E-state index in [9.17, 15) is 9.59 Å². The summed E-state index contributed by atoms with van der Waals surface area (Å²) in [5, 5.41) is 7.81. The maximum atomic E-state index is 12.2. The molecule has 26 heavy (non-hydrogen) atoms. The van der Waals surface area contributed by atoms with E-state index in [2.05, 4.69) is 10.6 Å². The van der Waals surface area contributed by atoms with Crippen LogP contribution in [0, 0.1) is 0 Å². The maximum Gasteiger partial charge on any atom is 0.251 e. The quantitative estimate of drug-likeness (QED) is 0.689. The fourth-order valence-electron chi connectivity index (χ4n) is 2.80. The first-order valence-corrected chi connectivity index (χ1v) is 8.80. The zero-order chi connectivity index (χ0) is 18.2. The normalized spacial score (nSPS) is 10.5. The molecule has 0 spiro atoms. The lowest BCUT2D eigenvalue weighted by Gasteiger charge is -2.08. The second-order valence-electron chi connectivity index (χ2n) is 6.15. The Balaban J connectivity index is 1.40. The third kappa shape index (κ3) is 4.93. The molecule has 0 saturated carbocycles. The van der Waals surface area contributed by atoms with Crippen molar-refractivity contribution >= 4 is 22.6 Å². The number of carbonyl (C=O) groups is 2. The number of rotatable bonds is 7. The predicted molar refractivity (Wildman–Crippen MR) is 104 cm³/mol. The molecule has 3 aromatic rings. The van der Waals surface area contributed by atoms with Crippen molar-refractivity contribution in [3.63, 3.8) is 0 Å². The summed E-state index contributed by atoms with van der Waals surface area (Å²) >= 11 is 0. The van der Waals surface area contributed by atoms with E-state index < -0.39 is 0 Å².